The molecule has 2 aliphatic rings. The van der Waals surface area contributed by atoms with Crippen LogP contribution in [-0.4, -0.2) is 62.7 Å². The van der Waals surface area contributed by atoms with E-state index in [0.717, 1.165) is 37.9 Å². The SMILES string of the molecule is CCNC(=O)COC(c1cccc(Cl)c1)C1CCCN(C(=O)NC(CNC)CC2CCCCC2)C1. The molecule has 7 nitrogen and oxygen atoms in total. The Bertz CT molecular complexity index is 802. The number of benzene rings is 1. The number of carbonyl (C=O) groups excluding carboxylic acids is 2. The first-order chi connectivity index (χ1) is 17.0. The number of carbonyl (C=O) groups is 2. The molecule has 1 aliphatic heterocycles. The standard InChI is InChI=1S/C27H43ClN4O3/c1-3-30-25(33)19-35-26(21-11-7-13-23(28)16-21)22-12-8-14-32(18-22)27(34)31-24(17-29-2)15-20-9-5-4-6-10-20/h7,11,13,16,20,22,24,26,29H,3-6,8-10,12,14-15,17-19H2,1-2H3,(H,30,33)(H,31,34). The number of piperidine rings is 1. The molecule has 3 N–H and O–H groups in total. The van der Waals surface area contributed by atoms with Gasteiger partial charge in [0.2, 0.25) is 5.91 Å². The molecule has 3 rings (SSSR count). The van der Waals surface area contributed by atoms with E-state index in [4.69, 9.17) is 16.3 Å². The fraction of sp³-hybridized carbons (Fsp3) is 0.704. The molecule has 3 unspecified atom stereocenters. The van der Waals surface area contributed by atoms with Crippen molar-refractivity contribution in [3.63, 3.8) is 0 Å². The van der Waals surface area contributed by atoms with E-state index in [2.05, 4.69) is 16.0 Å². The molecule has 0 radical (unpaired) electrons. The predicted octanol–water partition coefficient (Wildman–Crippen LogP) is 4.51. The Morgan fingerprint density at radius 1 is 1.17 bits per heavy atom. The van der Waals surface area contributed by atoms with E-state index in [1.54, 1.807) is 0 Å². The van der Waals surface area contributed by atoms with Gasteiger partial charge in [-0.05, 0) is 56.8 Å². The monoisotopic (exact) mass is 506 g/mol. The molecule has 8 heteroatoms. The minimum atomic E-state index is -0.303. The van der Waals surface area contributed by atoms with Crippen molar-refractivity contribution in [2.75, 3.05) is 39.8 Å². The largest absolute Gasteiger partial charge is 0.363 e. The number of likely N-dealkylation sites (N-methyl/N-ethyl adjacent to an activating group) is 2. The minimum Gasteiger partial charge on any atom is -0.363 e. The molecular formula is C27H43ClN4O3. The van der Waals surface area contributed by atoms with Crippen LogP contribution in [0.1, 0.15) is 70.0 Å². The first-order valence-electron chi connectivity index (χ1n) is 13.3. The molecule has 2 fully saturated rings. The zero-order valence-corrected chi connectivity index (χ0v) is 22.1. The highest BCUT2D eigenvalue weighted by Gasteiger charge is 2.32. The molecule has 3 amide bonds. The Kier molecular flexibility index (Phi) is 11.6. The smallest absolute Gasteiger partial charge is 0.317 e. The van der Waals surface area contributed by atoms with Crippen molar-refractivity contribution >= 4 is 23.5 Å². The normalized spacial score (nSPS) is 20.8. The van der Waals surface area contributed by atoms with Crippen LogP contribution in [-0.2, 0) is 9.53 Å². The highest BCUT2D eigenvalue weighted by Crippen LogP contribution is 2.34. The molecule has 3 atom stereocenters. The van der Waals surface area contributed by atoms with Crippen LogP contribution in [0.25, 0.3) is 0 Å². The van der Waals surface area contributed by atoms with Crippen molar-refractivity contribution in [3.05, 3.63) is 34.9 Å². The van der Waals surface area contributed by atoms with Gasteiger partial charge in [-0.25, -0.2) is 4.79 Å². The number of hydrogen-bond acceptors (Lipinski definition) is 4. The highest BCUT2D eigenvalue weighted by molar-refractivity contribution is 6.30. The summed E-state index contributed by atoms with van der Waals surface area (Å²) in [6, 6.07) is 7.76. The number of urea groups is 1. The quantitative estimate of drug-likeness (QED) is 0.412. The number of ether oxygens (including phenoxy) is 1. The Labute approximate surface area is 215 Å². The maximum absolute atomic E-state index is 13.3. The highest BCUT2D eigenvalue weighted by atomic mass is 35.5. The van der Waals surface area contributed by atoms with Gasteiger partial charge in [0.25, 0.3) is 0 Å². The molecule has 0 spiro atoms. The third-order valence-electron chi connectivity index (χ3n) is 7.24. The first kappa shape index (κ1) is 27.8. The summed E-state index contributed by atoms with van der Waals surface area (Å²) >= 11 is 6.27. The zero-order valence-electron chi connectivity index (χ0n) is 21.4. The van der Waals surface area contributed by atoms with Crippen molar-refractivity contribution in [1.82, 2.24) is 20.9 Å². The van der Waals surface area contributed by atoms with Crippen LogP contribution >= 0.6 is 11.6 Å². The van der Waals surface area contributed by atoms with E-state index in [-0.39, 0.29) is 36.6 Å². The van der Waals surface area contributed by atoms with Crippen molar-refractivity contribution < 1.29 is 14.3 Å². The van der Waals surface area contributed by atoms with Gasteiger partial charge in [0, 0.05) is 43.2 Å². The number of rotatable bonds is 11. The van der Waals surface area contributed by atoms with Gasteiger partial charge in [0.15, 0.2) is 0 Å². The van der Waals surface area contributed by atoms with E-state index in [0.29, 0.717) is 24.0 Å². The zero-order chi connectivity index (χ0) is 25.0. The van der Waals surface area contributed by atoms with E-state index < -0.39 is 0 Å². The van der Waals surface area contributed by atoms with Gasteiger partial charge in [-0.2, -0.15) is 0 Å². The Hall–Kier alpha value is -1.83. The maximum Gasteiger partial charge on any atom is 0.317 e. The minimum absolute atomic E-state index is 0.000621. The van der Waals surface area contributed by atoms with Crippen LogP contribution in [0.4, 0.5) is 4.79 Å². The summed E-state index contributed by atoms with van der Waals surface area (Å²) in [5, 5.41) is 9.99. The Morgan fingerprint density at radius 3 is 2.69 bits per heavy atom. The number of amides is 3. The van der Waals surface area contributed by atoms with Crippen LogP contribution in [0.5, 0.6) is 0 Å². The first-order valence-corrected chi connectivity index (χ1v) is 13.7. The molecule has 0 aromatic heterocycles. The average Bonchev–Trinajstić information content (AvgIpc) is 2.85. The molecule has 0 bridgehead atoms. The second-order valence-corrected chi connectivity index (χ2v) is 10.5. The molecule has 1 saturated heterocycles. The van der Waals surface area contributed by atoms with Gasteiger partial charge in [0.1, 0.15) is 6.61 Å². The lowest BCUT2D eigenvalue weighted by Crippen LogP contribution is -2.52. The van der Waals surface area contributed by atoms with E-state index in [1.165, 1.54) is 32.1 Å². The van der Waals surface area contributed by atoms with Crippen molar-refractivity contribution in [1.29, 1.82) is 0 Å². The summed E-state index contributed by atoms with van der Waals surface area (Å²) in [4.78, 5) is 27.3. The third kappa shape index (κ3) is 8.96. The summed E-state index contributed by atoms with van der Waals surface area (Å²) in [5.74, 6) is 0.650. The fourth-order valence-electron chi connectivity index (χ4n) is 5.57. The fourth-order valence-corrected chi connectivity index (χ4v) is 5.77. The van der Waals surface area contributed by atoms with Crippen molar-refractivity contribution in [2.24, 2.45) is 11.8 Å². The number of nitrogens with zero attached hydrogens (tertiary/aromatic N) is 1. The van der Waals surface area contributed by atoms with Crippen molar-refractivity contribution in [2.45, 2.75) is 70.4 Å². The van der Waals surface area contributed by atoms with Crippen LogP contribution in [0, 0.1) is 11.8 Å². The third-order valence-corrected chi connectivity index (χ3v) is 7.47. The van der Waals surface area contributed by atoms with Crippen LogP contribution in [0.2, 0.25) is 5.02 Å². The summed E-state index contributed by atoms with van der Waals surface area (Å²) in [5.41, 5.74) is 0.944. The number of nitrogens with one attached hydrogen (secondary N) is 3. The van der Waals surface area contributed by atoms with E-state index in [1.807, 2.05) is 43.1 Å². The molecule has 196 valence electrons. The lowest BCUT2D eigenvalue weighted by atomic mass is 9.85. The number of hydrogen-bond donors (Lipinski definition) is 3. The summed E-state index contributed by atoms with van der Waals surface area (Å²) in [6.45, 7) is 4.54. The molecule has 1 saturated carbocycles. The van der Waals surface area contributed by atoms with Gasteiger partial charge in [-0.1, -0.05) is 55.8 Å². The molecule has 1 heterocycles. The second kappa shape index (κ2) is 14.7. The van der Waals surface area contributed by atoms with Crippen LogP contribution in [0.15, 0.2) is 24.3 Å². The summed E-state index contributed by atoms with van der Waals surface area (Å²) in [7, 11) is 1.94. The van der Waals surface area contributed by atoms with Gasteiger partial charge >= 0.3 is 6.03 Å². The topological polar surface area (TPSA) is 82.7 Å². The van der Waals surface area contributed by atoms with Crippen LogP contribution < -0.4 is 16.0 Å². The average molecular weight is 507 g/mol. The van der Waals surface area contributed by atoms with Gasteiger partial charge in [0.05, 0.1) is 6.10 Å². The van der Waals surface area contributed by atoms with E-state index in [9.17, 15) is 9.59 Å². The summed E-state index contributed by atoms with van der Waals surface area (Å²) in [6.07, 6.45) is 9.05. The maximum atomic E-state index is 13.3. The molecule has 1 aliphatic carbocycles. The molecule has 1 aromatic carbocycles. The predicted molar refractivity (Wildman–Crippen MR) is 141 cm³/mol. The second-order valence-electron chi connectivity index (χ2n) is 10.0. The molecular weight excluding hydrogens is 464 g/mol. The number of halogens is 1. The Balaban J connectivity index is 1.64. The van der Waals surface area contributed by atoms with Crippen LogP contribution in [0.3, 0.4) is 0 Å². The summed E-state index contributed by atoms with van der Waals surface area (Å²) < 4.78 is 6.15. The lowest BCUT2D eigenvalue weighted by molar-refractivity contribution is -0.129. The van der Waals surface area contributed by atoms with Crippen molar-refractivity contribution in [3.8, 4) is 0 Å². The Morgan fingerprint density at radius 2 is 1.97 bits per heavy atom. The van der Waals surface area contributed by atoms with Gasteiger partial charge in [-0.3, -0.25) is 4.79 Å². The molecule has 35 heavy (non-hydrogen) atoms. The van der Waals surface area contributed by atoms with Gasteiger partial charge in [-0.15, -0.1) is 0 Å². The lowest BCUT2D eigenvalue weighted by Gasteiger charge is -2.38. The molecule has 1 aromatic rings. The van der Waals surface area contributed by atoms with Gasteiger partial charge < -0.3 is 25.6 Å². The number of likely N-dealkylation sites (tertiary alicyclic amines) is 1. The van der Waals surface area contributed by atoms with E-state index >= 15 is 0 Å².